The minimum Gasteiger partial charge on any atom is -0.450 e. The molecule has 1 aromatic carbocycles. The maximum atomic E-state index is 12.6. The summed E-state index contributed by atoms with van der Waals surface area (Å²) in [6.45, 7) is 3.67. The van der Waals surface area contributed by atoms with Crippen LogP contribution in [0.2, 0.25) is 5.02 Å². The van der Waals surface area contributed by atoms with Gasteiger partial charge in [-0.2, -0.15) is 0 Å². The number of rotatable bonds is 4. The van der Waals surface area contributed by atoms with E-state index in [9.17, 15) is 14.4 Å². The van der Waals surface area contributed by atoms with E-state index in [2.05, 4.69) is 15.6 Å². The summed E-state index contributed by atoms with van der Waals surface area (Å²) < 4.78 is 4.97. The van der Waals surface area contributed by atoms with Gasteiger partial charge in [0.05, 0.1) is 6.61 Å². The predicted molar refractivity (Wildman–Crippen MR) is 111 cm³/mol. The highest BCUT2D eigenvalue weighted by molar-refractivity contribution is 7.14. The minimum atomic E-state index is -0.483. The van der Waals surface area contributed by atoms with Crippen LogP contribution in [0, 0.1) is 0 Å². The molecule has 154 valence electrons. The average Bonchev–Trinajstić information content (AvgIpc) is 3.16. The van der Waals surface area contributed by atoms with E-state index < -0.39 is 6.03 Å². The fourth-order valence-electron chi connectivity index (χ4n) is 2.72. The maximum Gasteiger partial charge on any atom is 0.409 e. The second kappa shape index (κ2) is 9.57. The number of carbonyl (C=O) groups excluding carboxylic acids is 3. The Morgan fingerprint density at radius 2 is 1.90 bits per heavy atom. The standard InChI is InChI=1S/C18H20ClN5O4S/c1-2-28-18(27)24-8-6-23(7-9-24)15(25)14-11-29-17(21-14)22-16(26)20-13-5-3-4-12(19)10-13/h3-5,10-11H,2,6-9H2,1H3,(H2,20,21,22,26). The largest absolute Gasteiger partial charge is 0.450 e. The van der Waals surface area contributed by atoms with Crippen LogP contribution in [0.4, 0.5) is 20.4 Å². The molecule has 9 nitrogen and oxygen atoms in total. The summed E-state index contributed by atoms with van der Waals surface area (Å²) >= 11 is 7.04. The Hall–Kier alpha value is -2.85. The Balaban J connectivity index is 1.52. The monoisotopic (exact) mass is 437 g/mol. The quantitative estimate of drug-likeness (QED) is 0.763. The molecule has 0 aliphatic carbocycles. The molecule has 1 aromatic heterocycles. The summed E-state index contributed by atoms with van der Waals surface area (Å²) in [5.74, 6) is -0.243. The number of hydrogen-bond donors (Lipinski definition) is 2. The number of halogens is 1. The van der Waals surface area contributed by atoms with Gasteiger partial charge in [0.1, 0.15) is 5.69 Å². The molecule has 0 unspecified atom stereocenters. The average molecular weight is 438 g/mol. The SMILES string of the molecule is CCOC(=O)N1CCN(C(=O)c2csc(NC(=O)Nc3cccc(Cl)c3)n2)CC1. The molecule has 0 saturated carbocycles. The van der Waals surface area contributed by atoms with E-state index in [1.807, 2.05) is 0 Å². The van der Waals surface area contributed by atoms with Gasteiger partial charge in [0.2, 0.25) is 0 Å². The molecule has 29 heavy (non-hydrogen) atoms. The van der Waals surface area contributed by atoms with Gasteiger partial charge in [0.25, 0.3) is 5.91 Å². The molecule has 0 radical (unpaired) electrons. The van der Waals surface area contributed by atoms with Gasteiger partial charge in [-0.05, 0) is 25.1 Å². The molecule has 1 aliphatic heterocycles. The molecule has 2 heterocycles. The molecule has 1 saturated heterocycles. The summed E-state index contributed by atoms with van der Waals surface area (Å²) in [6.07, 6.45) is -0.370. The van der Waals surface area contributed by atoms with Crippen LogP contribution in [0.15, 0.2) is 29.6 Å². The van der Waals surface area contributed by atoms with E-state index in [1.165, 1.54) is 0 Å². The molecule has 2 aromatic rings. The van der Waals surface area contributed by atoms with E-state index in [-0.39, 0.29) is 17.7 Å². The van der Waals surface area contributed by atoms with Gasteiger partial charge in [-0.25, -0.2) is 14.6 Å². The summed E-state index contributed by atoms with van der Waals surface area (Å²) in [7, 11) is 0. The number of hydrogen-bond acceptors (Lipinski definition) is 6. The molecule has 4 amide bonds. The van der Waals surface area contributed by atoms with Crippen molar-refractivity contribution in [3.63, 3.8) is 0 Å². The number of carbonyl (C=O) groups is 3. The third-order valence-electron chi connectivity index (χ3n) is 4.12. The molecule has 0 bridgehead atoms. The van der Waals surface area contributed by atoms with Crippen LogP contribution in [0.25, 0.3) is 0 Å². The van der Waals surface area contributed by atoms with E-state index >= 15 is 0 Å². The fraction of sp³-hybridized carbons (Fsp3) is 0.333. The smallest absolute Gasteiger partial charge is 0.409 e. The number of thiazole rings is 1. The Kier molecular flexibility index (Phi) is 6.89. The van der Waals surface area contributed by atoms with Crippen molar-refractivity contribution in [2.24, 2.45) is 0 Å². The second-order valence-corrected chi connectivity index (χ2v) is 7.40. The van der Waals surface area contributed by atoms with Crippen molar-refractivity contribution in [3.05, 3.63) is 40.4 Å². The molecule has 1 aliphatic rings. The van der Waals surface area contributed by atoms with Gasteiger partial charge in [-0.15, -0.1) is 11.3 Å². The van der Waals surface area contributed by atoms with E-state index in [4.69, 9.17) is 16.3 Å². The second-order valence-electron chi connectivity index (χ2n) is 6.11. The van der Waals surface area contributed by atoms with E-state index in [0.29, 0.717) is 48.6 Å². The van der Waals surface area contributed by atoms with E-state index in [0.717, 1.165) is 11.3 Å². The van der Waals surface area contributed by atoms with Gasteiger partial charge in [0.15, 0.2) is 5.13 Å². The number of piperazine rings is 1. The summed E-state index contributed by atoms with van der Waals surface area (Å²) in [5, 5.41) is 7.65. The van der Waals surface area contributed by atoms with Crippen molar-refractivity contribution >= 4 is 51.8 Å². The number of anilines is 2. The number of aromatic nitrogens is 1. The zero-order valence-electron chi connectivity index (χ0n) is 15.7. The molecule has 1 fully saturated rings. The number of urea groups is 1. The highest BCUT2D eigenvalue weighted by atomic mass is 35.5. The fourth-order valence-corrected chi connectivity index (χ4v) is 3.59. The van der Waals surface area contributed by atoms with Gasteiger partial charge in [-0.1, -0.05) is 17.7 Å². The van der Waals surface area contributed by atoms with Crippen LogP contribution >= 0.6 is 22.9 Å². The van der Waals surface area contributed by atoms with Crippen LogP contribution in [0.1, 0.15) is 17.4 Å². The Labute approximate surface area is 176 Å². The number of amides is 4. The first-order valence-electron chi connectivity index (χ1n) is 8.96. The summed E-state index contributed by atoms with van der Waals surface area (Å²) in [4.78, 5) is 43.8. The van der Waals surface area contributed by atoms with Crippen LogP contribution < -0.4 is 10.6 Å². The first kappa shape index (κ1) is 20.9. The number of benzene rings is 1. The molecule has 3 rings (SSSR count). The van der Waals surface area contributed by atoms with Gasteiger partial charge in [-0.3, -0.25) is 10.1 Å². The lowest BCUT2D eigenvalue weighted by Crippen LogP contribution is -2.50. The zero-order valence-corrected chi connectivity index (χ0v) is 17.3. The summed E-state index contributed by atoms with van der Waals surface area (Å²) in [5.41, 5.74) is 0.792. The molecule has 2 N–H and O–H groups in total. The zero-order chi connectivity index (χ0) is 20.8. The van der Waals surface area contributed by atoms with Gasteiger partial charge in [0, 0.05) is 42.3 Å². The Morgan fingerprint density at radius 3 is 2.59 bits per heavy atom. The maximum absolute atomic E-state index is 12.6. The van der Waals surface area contributed by atoms with Crippen molar-refractivity contribution in [1.82, 2.24) is 14.8 Å². The third kappa shape index (κ3) is 5.58. The highest BCUT2D eigenvalue weighted by Gasteiger charge is 2.26. The van der Waals surface area contributed by atoms with Crippen molar-refractivity contribution in [1.29, 1.82) is 0 Å². The molecular weight excluding hydrogens is 418 g/mol. The van der Waals surface area contributed by atoms with E-state index in [1.54, 1.807) is 46.4 Å². The van der Waals surface area contributed by atoms with Crippen molar-refractivity contribution in [2.45, 2.75) is 6.92 Å². The van der Waals surface area contributed by atoms with Gasteiger partial charge < -0.3 is 19.9 Å². The van der Waals surface area contributed by atoms with Crippen LogP contribution in [0.5, 0.6) is 0 Å². The van der Waals surface area contributed by atoms with Crippen LogP contribution in [0.3, 0.4) is 0 Å². The number of nitrogens with one attached hydrogen (secondary N) is 2. The number of ether oxygens (including phenoxy) is 1. The van der Waals surface area contributed by atoms with Crippen molar-refractivity contribution < 1.29 is 19.1 Å². The van der Waals surface area contributed by atoms with Crippen molar-refractivity contribution in [3.8, 4) is 0 Å². The number of nitrogens with zero attached hydrogens (tertiary/aromatic N) is 3. The Bertz CT molecular complexity index is 898. The molecule has 0 spiro atoms. The van der Waals surface area contributed by atoms with Crippen LogP contribution in [-0.2, 0) is 4.74 Å². The lowest BCUT2D eigenvalue weighted by atomic mass is 10.3. The highest BCUT2D eigenvalue weighted by Crippen LogP contribution is 2.19. The molecule has 0 atom stereocenters. The van der Waals surface area contributed by atoms with Crippen LogP contribution in [-0.4, -0.2) is 65.6 Å². The molecular formula is C18H20ClN5O4S. The lowest BCUT2D eigenvalue weighted by molar-refractivity contribution is 0.0566. The normalized spacial score (nSPS) is 13.7. The minimum absolute atomic E-state index is 0.243. The van der Waals surface area contributed by atoms with Crippen molar-refractivity contribution in [2.75, 3.05) is 43.4 Å². The predicted octanol–water partition coefficient (Wildman–Crippen LogP) is 3.35. The van der Waals surface area contributed by atoms with Gasteiger partial charge >= 0.3 is 12.1 Å². The Morgan fingerprint density at radius 1 is 1.17 bits per heavy atom. The first-order valence-corrected chi connectivity index (χ1v) is 10.2. The first-order chi connectivity index (χ1) is 14.0. The third-order valence-corrected chi connectivity index (χ3v) is 5.11. The topological polar surface area (TPSA) is 104 Å². The summed E-state index contributed by atoms with van der Waals surface area (Å²) in [6, 6.07) is 6.27. The lowest BCUT2D eigenvalue weighted by Gasteiger charge is -2.33. The molecule has 11 heteroatoms.